The standard InChI is InChI=1S/C19H28N2O3/c1-20-13-19(10-16(20)12-22-2)5-7-21(8-6-19)11-15-3-4-17-18(9-15)24-14-23-17/h3-4,9,16H,5-8,10-14H2,1-2H3/t16-/m0/s1. The Kier molecular flexibility index (Phi) is 4.41. The van der Waals surface area contributed by atoms with Crippen molar-refractivity contribution >= 4 is 0 Å². The van der Waals surface area contributed by atoms with Crippen LogP contribution in [0.2, 0.25) is 0 Å². The van der Waals surface area contributed by atoms with E-state index in [0.717, 1.165) is 24.7 Å². The molecule has 1 atom stereocenters. The molecule has 1 aromatic carbocycles. The van der Waals surface area contributed by atoms with Crippen LogP contribution >= 0.6 is 0 Å². The SMILES string of the molecule is COC[C@@H]1CC2(CCN(Cc3ccc4c(c3)OCO4)CC2)CN1C. The van der Waals surface area contributed by atoms with Crippen LogP contribution < -0.4 is 9.47 Å². The van der Waals surface area contributed by atoms with Crippen LogP contribution in [0.15, 0.2) is 18.2 Å². The van der Waals surface area contributed by atoms with Crippen molar-refractivity contribution in [3.8, 4) is 11.5 Å². The summed E-state index contributed by atoms with van der Waals surface area (Å²) in [5, 5.41) is 0. The van der Waals surface area contributed by atoms with Gasteiger partial charge in [0.25, 0.3) is 0 Å². The van der Waals surface area contributed by atoms with Crippen LogP contribution in [-0.2, 0) is 11.3 Å². The number of hydrogen-bond donors (Lipinski definition) is 0. The normalized spacial score (nSPS) is 26.3. The second-order valence-electron chi connectivity index (χ2n) is 7.69. The topological polar surface area (TPSA) is 34.2 Å². The third-order valence-corrected chi connectivity index (χ3v) is 6.00. The molecule has 5 nitrogen and oxygen atoms in total. The molecule has 0 aliphatic carbocycles. The monoisotopic (exact) mass is 332 g/mol. The van der Waals surface area contributed by atoms with Crippen molar-refractivity contribution in [3.63, 3.8) is 0 Å². The zero-order valence-corrected chi connectivity index (χ0v) is 14.8. The van der Waals surface area contributed by atoms with E-state index in [9.17, 15) is 0 Å². The maximum Gasteiger partial charge on any atom is 0.231 e. The molecule has 0 N–H and O–H groups in total. The van der Waals surface area contributed by atoms with E-state index in [1.54, 1.807) is 0 Å². The van der Waals surface area contributed by atoms with Crippen molar-refractivity contribution in [2.24, 2.45) is 5.41 Å². The summed E-state index contributed by atoms with van der Waals surface area (Å²) in [5.74, 6) is 1.76. The number of piperidine rings is 1. The van der Waals surface area contributed by atoms with Crippen LogP contribution in [0, 0.1) is 5.41 Å². The second kappa shape index (κ2) is 6.54. The van der Waals surface area contributed by atoms with Crippen LogP contribution in [0.5, 0.6) is 11.5 Å². The molecule has 0 radical (unpaired) electrons. The number of likely N-dealkylation sites (tertiary alicyclic amines) is 2. The molecule has 5 heteroatoms. The van der Waals surface area contributed by atoms with Gasteiger partial charge in [-0.2, -0.15) is 0 Å². The fraction of sp³-hybridized carbons (Fsp3) is 0.684. The predicted molar refractivity (Wildman–Crippen MR) is 92.4 cm³/mol. The summed E-state index contributed by atoms with van der Waals surface area (Å²) in [6.45, 7) is 5.80. The minimum Gasteiger partial charge on any atom is -0.454 e. The number of ether oxygens (including phenoxy) is 3. The van der Waals surface area contributed by atoms with Crippen LogP contribution in [-0.4, -0.2) is 63.0 Å². The van der Waals surface area contributed by atoms with Gasteiger partial charge in [0.15, 0.2) is 11.5 Å². The summed E-state index contributed by atoms with van der Waals surface area (Å²) in [6.07, 6.45) is 3.87. The smallest absolute Gasteiger partial charge is 0.231 e. The summed E-state index contributed by atoms with van der Waals surface area (Å²) in [5.41, 5.74) is 1.82. The van der Waals surface area contributed by atoms with Crippen molar-refractivity contribution in [2.45, 2.75) is 31.8 Å². The number of likely N-dealkylation sites (N-methyl/N-ethyl adjacent to an activating group) is 1. The van der Waals surface area contributed by atoms with Crippen LogP contribution in [0.3, 0.4) is 0 Å². The van der Waals surface area contributed by atoms with E-state index in [1.165, 1.54) is 44.5 Å². The maximum atomic E-state index is 5.49. The second-order valence-corrected chi connectivity index (χ2v) is 7.69. The first-order valence-corrected chi connectivity index (χ1v) is 8.98. The summed E-state index contributed by atoms with van der Waals surface area (Å²) >= 11 is 0. The lowest BCUT2D eigenvalue weighted by atomic mass is 9.76. The van der Waals surface area contributed by atoms with Gasteiger partial charge < -0.3 is 19.1 Å². The summed E-state index contributed by atoms with van der Waals surface area (Å²) < 4.78 is 16.3. The van der Waals surface area contributed by atoms with Gasteiger partial charge in [-0.3, -0.25) is 4.90 Å². The largest absolute Gasteiger partial charge is 0.454 e. The fourth-order valence-electron chi connectivity index (χ4n) is 4.60. The van der Waals surface area contributed by atoms with Crippen molar-refractivity contribution in [1.29, 1.82) is 0 Å². The molecule has 1 spiro atoms. The van der Waals surface area contributed by atoms with Crippen molar-refractivity contribution in [2.75, 3.05) is 47.2 Å². The summed E-state index contributed by atoms with van der Waals surface area (Å²) in [4.78, 5) is 5.07. The Bertz CT molecular complexity index is 584. The summed E-state index contributed by atoms with van der Waals surface area (Å²) in [7, 11) is 4.06. The van der Waals surface area contributed by atoms with Gasteiger partial charge in [-0.25, -0.2) is 0 Å². The van der Waals surface area contributed by atoms with E-state index in [0.29, 0.717) is 18.2 Å². The molecule has 0 saturated carbocycles. The van der Waals surface area contributed by atoms with Crippen molar-refractivity contribution in [3.05, 3.63) is 23.8 Å². The molecule has 0 amide bonds. The van der Waals surface area contributed by atoms with Gasteiger partial charge in [0.2, 0.25) is 6.79 Å². The highest BCUT2D eigenvalue weighted by atomic mass is 16.7. The van der Waals surface area contributed by atoms with E-state index < -0.39 is 0 Å². The number of fused-ring (bicyclic) bond motifs is 1. The molecule has 24 heavy (non-hydrogen) atoms. The molecule has 2 saturated heterocycles. The first-order chi connectivity index (χ1) is 11.7. The van der Waals surface area contributed by atoms with Gasteiger partial charge in [-0.1, -0.05) is 6.07 Å². The predicted octanol–water partition coefficient (Wildman–Crippen LogP) is 2.35. The van der Waals surface area contributed by atoms with Crippen LogP contribution in [0.1, 0.15) is 24.8 Å². The number of benzene rings is 1. The van der Waals surface area contributed by atoms with Gasteiger partial charge in [0, 0.05) is 26.2 Å². The highest BCUT2D eigenvalue weighted by Crippen LogP contribution is 2.43. The average Bonchev–Trinajstić information content (AvgIpc) is 3.15. The molecule has 3 aliphatic heterocycles. The third kappa shape index (κ3) is 3.13. The lowest BCUT2D eigenvalue weighted by Gasteiger charge is -2.39. The van der Waals surface area contributed by atoms with E-state index in [-0.39, 0.29) is 0 Å². The zero-order valence-electron chi connectivity index (χ0n) is 14.8. The minimum atomic E-state index is 0.348. The van der Waals surface area contributed by atoms with Gasteiger partial charge >= 0.3 is 0 Å². The van der Waals surface area contributed by atoms with Gasteiger partial charge in [-0.15, -0.1) is 0 Å². The Morgan fingerprint density at radius 3 is 2.79 bits per heavy atom. The molecule has 132 valence electrons. The van der Waals surface area contributed by atoms with E-state index in [4.69, 9.17) is 14.2 Å². The zero-order chi connectivity index (χ0) is 16.6. The Balaban J connectivity index is 1.33. The molecule has 0 aromatic heterocycles. The first-order valence-electron chi connectivity index (χ1n) is 8.98. The third-order valence-electron chi connectivity index (χ3n) is 6.00. The minimum absolute atomic E-state index is 0.348. The van der Waals surface area contributed by atoms with E-state index in [1.807, 2.05) is 13.2 Å². The van der Waals surface area contributed by atoms with Crippen molar-refractivity contribution in [1.82, 2.24) is 9.80 Å². The molecule has 3 heterocycles. The molecule has 4 rings (SSSR count). The Hall–Kier alpha value is -1.30. The average molecular weight is 332 g/mol. The molecule has 2 fully saturated rings. The quantitative estimate of drug-likeness (QED) is 0.845. The summed E-state index contributed by atoms with van der Waals surface area (Å²) in [6, 6.07) is 6.92. The maximum absolute atomic E-state index is 5.49. The van der Waals surface area contributed by atoms with E-state index >= 15 is 0 Å². The van der Waals surface area contributed by atoms with Crippen molar-refractivity contribution < 1.29 is 14.2 Å². The molecule has 0 bridgehead atoms. The highest BCUT2D eigenvalue weighted by Gasteiger charge is 2.43. The fourth-order valence-corrected chi connectivity index (χ4v) is 4.60. The Labute approximate surface area is 144 Å². The lowest BCUT2D eigenvalue weighted by molar-refractivity contribution is 0.104. The van der Waals surface area contributed by atoms with Gasteiger partial charge in [0.05, 0.1) is 6.61 Å². The molecule has 1 aromatic rings. The number of nitrogens with zero attached hydrogens (tertiary/aromatic N) is 2. The molecular weight excluding hydrogens is 304 g/mol. The Morgan fingerprint density at radius 1 is 1.21 bits per heavy atom. The number of hydrogen-bond acceptors (Lipinski definition) is 5. The van der Waals surface area contributed by atoms with Crippen LogP contribution in [0.25, 0.3) is 0 Å². The van der Waals surface area contributed by atoms with E-state index in [2.05, 4.69) is 29.0 Å². The van der Waals surface area contributed by atoms with Gasteiger partial charge in [0.1, 0.15) is 0 Å². The van der Waals surface area contributed by atoms with Gasteiger partial charge in [-0.05, 0) is 62.5 Å². The lowest BCUT2D eigenvalue weighted by Crippen LogP contribution is -2.40. The van der Waals surface area contributed by atoms with Crippen LogP contribution in [0.4, 0.5) is 0 Å². The number of rotatable bonds is 4. The molecule has 0 unspecified atom stereocenters. The number of methoxy groups -OCH3 is 1. The molecular formula is C19H28N2O3. The first kappa shape index (κ1) is 16.2. The highest BCUT2D eigenvalue weighted by molar-refractivity contribution is 5.44. The Morgan fingerprint density at radius 2 is 2.00 bits per heavy atom. The molecule has 3 aliphatic rings.